The fourth-order valence-corrected chi connectivity index (χ4v) is 3.63. The Kier molecular flexibility index (Phi) is 5.62. The number of aromatic nitrogens is 1. The summed E-state index contributed by atoms with van der Waals surface area (Å²) in [6.07, 6.45) is 5.76. The van der Waals surface area contributed by atoms with Gasteiger partial charge in [0.15, 0.2) is 0 Å². The van der Waals surface area contributed by atoms with Crippen LogP contribution in [0.3, 0.4) is 0 Å². The minimum atomic E-state index is 0.0830. The zero-order valence-electron chi connectivity index (χ0n) is 16.2. The van der Waals surface area contributed by atoms with Gasteiger partial charge in [-0.2, -0.15) is 0 Å². The number of carbonyl (C=O) groups excluding carboxylic acids is 1. The fraction of sp³-hybridized carbons (Fsp3) is 0.409. The van der Waals surface area contributed by atoms with E-state index in [0.29, 0.717) is 0 Å². The summed E-state index contributed by atoms with van der Waals surface area (Å²) in [5.74, 6) is 0.0830. The van der Waals surface area contributed by atoms with Crippen LogP contribution in [0.2, 0.25) is 0 Å². The van der Waals surface area contributed by atoms with Crippen molar-refractivity contribution < 1.29 is 9.53 Å². The number of amides is 1. The van der Waals surface area contributed by atoms with Gasteiger partial charge in [-0.15, -0.1) is 0 Å². The molecule has 0 saturated carbocycles. The Hall–Kier alpha value is -2.33. The van der Waals surface area contributed by atoms with E-state index in [4.69, 9.17) is 4.74 Å². The van der Waals surface area contributed by atoms with Crippen molar-refractivity contribution in [3.05, 3.63) is 58.9 Å². The first kappa shape index (κ1) is 18.5. The number of likely N-dealkylation sites (tertiary alicyclic amines) is 1. The summed E-state index contributed by atoms with van der Waals surface area (Å²) in [4.78, 5) is 14.4. The number of piperidine rings is 1. The Morgan fingerprint density at radius 2 is 1.77 bits per heavy atom. The monoisotopic (exact) mass is 352 g/mol. The van der Waals surface area contributed by atoms with E-state index in [1.165, 1.54) is 11.3 Å². The molecule has 0 radical (unpaired) electrons. The molecule has 1 saturated heterocycles. The minimum Gasteiger partial charge on any atom is -0.381 e. The number of ether oxygens (including phenoxy) is 1. The van der Waals surface area contributed by atoms with Crippen molar-refractivity contribution in [2.24, 2.45) is 0 Å². The highest BCUT2D eigenvalue weighted by Crippen LogP contribution is 2.22. The van der Waals surface area contributed by atoms with E-state index in [9.17, 15) is 4.79 Å². The lowest BCUT2D eigenvalue weighted by molar-refractivity contribution is -0.128. The van der Waals surface area contributed by atoms with E-state index < -0.39 is 0 Å². The van der Waals surface area contributed by atoms with Gasteiger partial charge in [0.25, 0.3) is 0 Å². The average molecular weight is 352 g/mol. The Morgan fingerprint density at radius 3 is 2.38 bits per heavy atom. The number of rotatable bonds is 4. The normalized spacial score (nSPS) is 15.8. The van der Waals surface area contributed by atoms with E-state index in [-0.39, 0.29) is 12.0 Å². The molecule has 4 nitrogen and oxygen atoms in total. The van der Waals surface area contributed by atoms with Gasteiger partial charge in [0.1, 0.15) is 0 Å². The molecule has 0 N–H and O–H groups in total. The average Bonchev–Trinajstić information content (AvgIpc) is 2.94. The molecule has 26 heavy (non-hydrogen) atoms. The van der Waals surface area contributed by atoms with Crippen LogP contribution in [-0.2, 0) is 9.53 Å². The summed E-state index contributed by atoms with van der Waals surface area (Å²) in [7, 11) is 1.74. The number of benzene rings is 1. The van der Waals surface area contributed by atoms with E-state index >= 15 is 0 Å². The predicted octanol–water partition coefficient (Wildman–Crippen LogP) is 4.05. The summed E-state index contributed by atoms with van der Waals surface area (Å²) in [6, 6.07) is 10.6. The van der Waals surface area contributed by atoms with Crippen molar-refractivity contribution in [3.8, 4) is 5.69 Å². The van der Waals surface area contributed by atoms with Gasteiger partial charge in [-0.3, -0.25) is 4.79 Å². The van der Waals surface area contributed by atoms with Crippen LogP contribution in [0.25, 0.3) is 11.8 Å². The van der Waals surface area contributed by atoms with Crippen molar-refractivity contribution >= 4 is 12.0 Å². The molecule has 0 unspecified atom stereocenters. The summed E-state index contributed by atoms with van der Waals surface area (Å²) < 4.78 is 7.60. The summed E-state index contributed by atoms with van der Waals surface area (Å²) in [5, 5.41) is 0. The Bertz CT molecular complexity index is 794. The molecule has 3 rings (SSSR count). The van der Waals surface area contributed by atoms with Crippen LogP contribution in [0.15, 0.2) is 36.4 Å². The largest absolute Gasteiger partial charge is 0.381 e. The van der Waals surface area contributed by atoms with Crippen LogP contribution in [0.4, 0.5) is 0 Å². The highest BCUT2D eigenvalue weighted by Gasteiger charge is 2.21. The van der Waals surface area contributed by atoms with Gasteiger partial charge in [0.05, 0.1) is 6.10 Å². The second-order valence-electron chi connectivity index (χ2n) is 7.09. The third-order valence-corrected chi connectivity index (χ3v) is 5.25. The lowest BCUT2D eigenvalue weighted by Gasteiger charge is -2.30. The fourth-order valence-electron chi connectivity index (χ4n) is 3.63. The van der Waals surface area contributed by atoms with E-state index in [0.717, 1.165) is 42.9 Å². The van der Waals surface area contributed by atoms with Crippen LogP contribution < -0.4 is 0 Å². The van der Waals surface area contributed by atoms with Crippen LogP contribution >= 0.6 is 0 Å². The van der Waals surface area contributed by atoms with Crippen molar-refractivity contribution in [1.29, 1.82) is 0 Å². The molecule has 1 aromatic carbocycles. The van der Waals surface area contributed by atoms with Crippen LogP contribution in [-0.4, -0.2) is 41.7 Å². The van der Waals surface area contributed by atoms with Gasteiger partial charge >= 0.3 is 0 Å². The van der Waals surface area contributed by atoms with Crippen molar-refractivity contribution in [3.63, 3.8) is 0 Å². The minimum absolute atomic E-state index is 0.0830. The number of carbonyl (C=O) groups is 1. The van der Waals surface area contributed by atoms with E-state index in [1.54, 1.807) is 13.2 Å². The SMILES string of the molecule is COC1CCN(C(=O)/C=C/c2cc(C)n(-c3ccc(C)cc3)c2C)CC1. The Morgan fingerprint density at radius 1 is 1.12 bits per heavy atom. The topological polar surface area (TPSA) is 34.5 Å². The molecule has 0 bridgehead atoms. The van der Waals surface area contributed by atoms with Gasteiger partial charge in [0.2, 0.25) is 5.91 Å². The Balaban J connectivity index is 1.74. The number of methoxy groups -OCH3 is 1. The van der Waals surface area contributed by atoms with Crippen LogP contribution in [0.5, 0.6) is 0 Å². The molecule has 2 aromatic rings. The molecule has 0 aliphatic carbocycles. The van der Waals surface area contributed by atoms with Gasteiger partial charge < -0.3 is 14.2 Å². The van der Waals surface area contributed by atoms with E-state index in [1.807, 2.05) is 11.0 Å². The summed E-state index contributed by atoms with van der Waals surface area (Å²) >= 11 is 0. The molecule has 4 heteroatoms. The van der Waals surface area contributed by atoms with Crippen LogP contribution in [0.1, 0.15) is 35.4 Å². The van der Waals surface area contributed by atoms with Gasteiger partial charge in [0, 0.05) is 43.4 Å². The van der Waals surface area contributed by atoms with Gasteiger partial charge in [-0.1, -0.05) is 17.7 Å². The maximum atomic E-state index is 12.5. The highest BCUT2D eigenvalue weighted by molar-refractivity contribution is 5.92. The third-order valence-electron chi connectivity index (χ3n) is 5.25. The number of aryl methyl sites for hydroxylation is 2. The zero-order chi connectivity index (χ0) is 18.7. The standard InChI is InChI=1S/C22H28N2O2/c1-16-5-8-20(9-6-16)24-17(2)15-19(18(24)3)7-10-22(25)23-13-11-21(26-4)12-14-23/h5-10,15,21H,11-14H2,1-4H3/b10-7+. The number of hydrogen-bond acceptors (Lipinski definition) is 2. The lowest BCUT2D eigenvalue weighted by Crippen LogP contribution is -2.39. The maximum absolute atomic E-state index is 12.5. The molecule has 0 spiro atoms. The summed E-state index contributed by atoms with van der Waals surface area (Å²) in [6.45, 7) is 7.82. The Labute approximate surface area is 156 Å². The smallest absolute Gasteiger partial charge is 0.246 e. The summed E-state index contributed by atoms with van der Waals surface area (Å²) in [5.41, 5.74) is 5.80. The molecule has 1 aliphatic heterocycles. The van der Waals surface area contributed by atoms with Gasteiger partial charge in [-0.05, 0) is 63.5 Å². The third kappa shape index (κ3) is 3.91. The molecule has 2 heterocycles. The first-order valence-electron chi connectivity index (χ1n) is 9.25. The maximum Gasteiger partial charge on any atom is 0.246 e. The lowest BCUT2D eigenvalue weighted by atomic mass is 10.1. The zero-order valence-corrected chi connectivity index (χ0v) is 16.2. The first-order valence-corrected chi connectivity index (χ1v) is 9.25. The molecule has 1 aromatic heterocycles. The number of hydrogen-bond donors (Lipinski definition) is 0. The predicted molar refractivity (Wildman–Crippen MR) is 106 cm³/mol. The molecule has 138 valence electrons. The molecule has 1 amide bonds. The second-order valence-corrected chi connectivity index (χ2v) is 7.09. The van der Waals surface area contributed by atoms with E-state index in [2.05, 4.69) is 55.7 Å². The highest BCUT2D eigenvalue weighted by atomic mass is 16.5. The van der Waals surface area contributed by atoms with Gasteiger partial charge in [-0.25, -0.2) is 0 Å². The molecular formula is C22H28N2O2. The van der Waals surface area contributed by atoms with Crippen molar-refractivity contribution in [2.75, 3.05) is 20.2 Å². The van der Waals surface area contributed by atoms with Crippen LogP contribution in [0, 0.1) is 20.8 Å². The molecular weight excluding hydrogens is 324 g/mol. The number of nitrogens with zero attached hydrogens (tertiary/aromatic N) is 2. The van der Waals surface area contributed by atoms with Crippen molar-refractivity contribution in [2.45, 2.75) is 39.7 Å². The van der Waals surface area contributed by atoms with Crippen molar-refractivity contribution in [1.82, 2.24) is 9.47 Å². The second kappa shape index (κ2) is 7.92. The molecule has 1 aliphatic rings. The quantitative estimate of drug-likeness (QED) is 0.778. The molecule has 1 fully saturated rings. The molecule has 0 atom stereocenters. The first-order chi connectivity index (χ1) is 12.5.